The SMILES string of the molecule is CC(C[C]=O)(c1ccccc1)c1ccccc1. The molecule has 85 valence electrons. The maximum Gasteiger partial charge on any atom is 0.199 e. The summed E-state index contributed by atoms with van der Waals surface area (Å²) in [7, 11) is 0. The zero-order chi connectivity index (χ0) is 12.1. The molecule has 1 heteroatoms. The van der Waals surface area contributed by atoms with Crippen LogP contribution in [0.2, 0.25) is 0 Å². The first kappa shape index (κ1) is 11.6. The molecule has 0 saturated carbocycles. The van der Waals surface area contributed by atoms with Gasteiger partial charge in [-0.15, -0.1) is 0 Å². The highest BCUT2D eigenvalue weighted by molar-refractivity contribution is 5.57. The van der Waals surface area contributed by atoms with Crippen LogP contribution in [-0.4, -0.2) is 6.29 Å². The Hall–Kier alpha value is -1.89. The lowest BCUT2D eigenvalue weighted by Gasteiger charge is -2.28. The van der Waals surface area contributed by atoms with Crippen molar-refractivity contribution in [3.05, 3.63) is 71.8 Å². The monoisotopic (exact) mass is 223 g/mol. The van der Waals surface area contributed by atoms with Crippen molar-refractivity contribution >= 4 is 6.29 Å². The van der Waals surface area contributed by atoms with Gasteiger partial charge in [0.15, 0.2) is 6.29 Å². The summed E-state index contributed by atoms with van der Waals surface area (Å²) in [6.45, 7) is 2.09. The van der Waals surface area contributed by atoms with E-state index in [0.29, 0.717) is 6.42 Å². The molecule has 0 atom stereocenters. The van der Waals surface area contributed by atoms with E-state index in [4.69, 9.17) is 0 Å². The maximum atomic E-state index is 10.8. The first-order valence-corrected chi connectivity index (χ1v) is 5.73. The lowest BCUT2D eigenvalue weighted by molar-refractivity contribution is 0.517. The summed E-state index contributed by atoms with van der Waals surface area (Å²) in [5.74, 6) is 0. The number of rotatable bonds is 4. The maximum absolute atomic E-state index is 10.8. The van der Waals surface area contributed by atoms with E-state index in [1.165, 1.54) is 0 Å². The van der Waals surface area contributed by atoms with Gasteiger partial charge < -0.3 is 0 Å². The number of carbonyl (C=O) groups excluding carboxylic acids is 1. The molecule has 2 aromatic rings. The number of hydrogen-bond acceptors (Lipinski definition) is 1. The highest BCUT2D eigenvalue weighted by Gasteiger charge is 2.28. The van der Waals surface area contributed by atoms with E-state index in [2.05, 4.69) is 37.5 Å². The Morgan fingerprint density at radius 2 is 1.29 bits per heavy atom. The second-order valence-electron chi connectivity index (χ2n) is 4.39. The second-order valence-corrected chi connectivity index (χ2v) is 4.39. The average Bonchev–Trinajstić information content (AvgIpc) is 2.41. The van der Waals surface area contributed by atoms with Crippen LogP contribution in [0.25, 0.3) is 0 Å². The quantitative estimate of drug-likeness (QED) is 0.775. The minimum Gasteiger partial charge on any atom is -0.291 e. The Balaban J connectivity index is 2.50. The molecule has 0 amide bonds. The van der Waals surface area contributed by atoms with E-state index in [9.17, 15) is 4.79 Å². The number of hydrogen-bond donors (Lipinski definition) is 0. The fourth-order valence-corrected chi connectivity index (χ4v) is 2.13. The molecule has 2 aromatic carbocycles. The Morgan fingerprint density at radius 1 is 0.882 bits per heavy atom. The van der Waals surface area contributed by atoms with Gasteiger partial charge in [-0.3, -0.25) is 4.79 Å². The molecule has 0 aliphatic rings. The molecule has 0 aromatic heterocycles. The fourth-order valence-electron chi connectivity index (χ4n) is 2.13. The van der Waals surface area contributed by atoms with Gasteiger partial charge in [-0.05, 0) is 11.1 Å². The first-order valence-electron chi connectivity index (χ1n) is 5.73. The average molecular weight is 223 g/mol. The molecule has 0 heterocycles. The van der Waals surface area contributed by atoms with Gasteiger partial charge >= 0.3 is 0 Å². The largest absolute Gasteiger partial charge is 0.291 e. The van der Waals surface area contributed by atoms with Gasteiger partial charge in [0, 0.05) is 11.8 Å². The van der Waals surface area contributed by atoms with Crippen molar-refractivity contribution in [2.24, 2.45) is 0 Å². The second kappa shape index (κ2) is 4.96. The van der Waals surface area contributed by atoms with Crippen molar-refractivity contribution in [3.8, 4) is 0 Å². The predicted molar refractivity (Wildman–Crippen MR) is 69.6 cm³/mol. The topological polar surface area (TPSA) is 17.1 Å². The van der Waals surface area contributed by atoms with Crippen LogP contribution in [0.1, 0.15) is 24.5 Å². The molecule has 0 bridgehead atoms. The van der Waals surface area contributed by atoms with Gasteiger partial charge in [0.05, 0.1) is 0 Å². The lowest BCUT2D eigenvalue weighted by atomic mass is 9.74. The van der Waals surface area contributed by atoms with Crippen LogP contribution in [0.4, 0.5) is 0 Å². The summed E-state index contributed by atoms with van der Waals surface area (Å²) in [6.07, 6.45) is 2.43. The normalized spacial score (nSPS) is 11.1. The third kappa shape index (κ3) is 2.28. The van der Waals surface area contributed by atoms with Gasteiger partial charge in [0.1, 0.15) is 0 Å². The van der Waals surface area contributed by atoms with Crippen LogP contribution in [-0.2, 0) is 10.2 Å². The summed E-state index contributed by atoms with van der Waals surface area (Å²) in [4.78, 5) is 10.8. The molecule has 0 saturated heterocycles. The highest BCUT2D eigenvalue weighted by atomic mass is 16.1. The third-order valence-electron chi connectivity index (χ3n) is 3.25. The van der Waals surface area contributed by atoms with Crippen LogP contribution < -0.4 is 0 Å². The van der Waals surface area contributed by atoms with Crippen molar-refractivity contribution < 1.29 is 4.79 Å². The molecule has 2 rings (SSSR count). The Labute approximate surface area is 102 Å². The molecule has 0 spiro atoms. The van der Waals surface area contributed by atoms with Crippen molar-refractivity contribution in [1.29, 1.82) is 0 Å². The Kier molecular flexibility index (Phi) is 3.38. The van der Waals surface area contributed by atoms with Gasteiger partial charge in [0.25, 0.3) is 0 Å². The minimum absolute atomic E-state index is 0.287. The lowest BCUT2D eigenvalue weighted by Crippen LogP contribution is -2.24. The van der Waals surface area contributed by atoms with Crippen LogP contribution in [0, 0.1) is 0 Å². The Morgan fingerprint density at radius 3 is 1.65 bits per heavy atom. The zero-order valence-corrected chi connectivity index (χ0v) is 9.89. The van der Waals surface area contributed by atoms with Gasteiger partial charge in [-0.1, -0.05) is 67.6 Å². The van der Waals surface area contributed by atoms with Crippen LogP contribution in [0.5, 0.6) is 0 Å². The molecule has 1 nitrogen and oxygen atoms in total. The van der Waals surface area contributed by atoms with E-state index in [-0.39, 0.29) is 5.41 Å². The molecule has 17 heavy (non-hydrogen) atoms. The van der Waals surface area contributed by atoms with Gasteiger partial charge in [-0.25, -0.2) is 0 Å². The molecule has 0 aliphatic carbocycles. The molecule has 0 fully saturated rings. The van der Waals surface area contributed by atoms with Crippen molar-refractivity contribution in [2.75, 3.05) is 0 Å². The van der Waals surface area contributed by atoms with Gasteiger partial charge in [-0.2, -0.15) is 0 Å². The summed E-state index contributed by atoms with van der Waals surface area (Å²) in [5, 5.41) is 0. The fraction of sp³-hybridized carbons (Fsp3) is 0.188. The van der Waals surface area contributed by atoms with E-state index in [1.54, 1.807) is 0 Å². The van der Waals surface area contributed by atoms with Crippen LogP contribution >= 0.6 is 0 Å². The summed E-state index contributed by atoms with van der Waals surface area (Å²) >= 11 is 0. The van der Waals surface area contributed by atoms with E-state index < -0.39 is 0 Å². The Bertz CT molecular complexity index is 434. The van der Waals surface area contributed by atoms with Crippen molar-refractivity contribution in [2.45, 2.75) is 18.8 Å². The highest BCUT2D eigenvalue weighted by Crippen LogP contribution is 2.34. The molecule has 0 N–H and O–H groups in total. The first-order chi connectivity index (χ1) is 8.27. The molecular formula is C16H15O. The minimum atomic E-state index is -0.287. The summed E-state index contributed by atoms with van der Waals surface area (Å²) in [6, 6.07) is 20.2. The van der Waals surface area contributed by atoms with Gasteiger partial charge in [0.2, 0.25) is 0 Å². The molecule has 0 unspecified atom stereocenters. The van der Waals surface area contributed by atoms with Crippen LogP contribution in [0.15, 0.2) is 60.7 Å². The smallest absolute Gasteiger partial charge is 0.199 e. The van der Waals surface area contributed by atoms with Crippen molar-refractivity contribution in [1.82, 2.24) is 0 Å². The zero-order valence-electron chi connectivity index (χ0n) is 9.89. The number of benzene rings is 2. The van der Waals surface area contributed by atoms with E-state index >= 15 is 0 Å². The molecular weight excluding hydrogens is 208 g/mol. The van der Waals surface area contributed by atoms with Crippen LogP contribution in [0.3, 0.4) is 0 Å². The third-order valence-corrected chi connectivity index (χ3v) is 3.25. The predicted octanol–water partition coefficient (Wildman–Crippen LogP) is 3.49. The molecule has 1 radical (unpaired) electrons. The standard InChI is InChI=1S/C16H15O/c1-16(12-13-17,14-8-4-2-5-9-14)15-10-6-3-7-11-15/h2-11H,12H2,1H3. The van der Waals surface area contributed by atoms with Crippen molar-refractivity contribution in [3.63, 3.8) is 0 Å². The molecule has 0 aliphatic heterocycles. The summed E-state index contributed by atoms with van der Waals surface area (Å²) < 4.78 is 0. The summed E-state index contributed by atoms with van der Waals surface area (Å²) in [5.41, 5.74) is 2.01. The van der Waals surface area contributed by atoms with E-state index in [0.717, 1.165) is 11.1 Å². The van der Waals surface area contributed by atoms with E-state index in [1.807, 2.05) is 36.4 Å².